The minimum Gasteiger partial charge on any atom is -0.387 e. The van der Waals surface area contributed by atoms with Crippen molar-refractivity contribution in [1.82, 2.24) is 0 Å². The molecule has 2 heteroatoms. The molecule has 2 saturated carbocycles. The molecule has 2 fully saturated rings. The fraction of sp³-hybridized carbons (Fsp3) is 0.905. The van der Waals surface area contributed by atoms with Gasteiger partial charge in [-0.05, 0) is 95.8 Å². The van der Waals surface area contributed by atoms with Crippen LogP contribution >= 0.6 is 0 Å². The molecule has 1 nitrogen and oxygen atoms in total. The SMILES string of the molecule is C/C=C1\CCCC2(C)C(C(C)CCC(C)(F)C(C)(C)O)CC[C@@H]12. The molecule has 0 heterocycles. The zero-order chi connectivity index (χ0) is 17.5. The van der Waals surface area contributed by atoms with Crippen LogP contribution in [0, 0.1) is 23.2 Å². The van der Waals surface area contributed by atoms with E-state index in [2.05, 4.69) is 26.8 Å². The van der Waals surface area contributed by atoms with Crippen LogP contribution in [0.4, 0.5) is 4.39 Å². The predicted octanol–water partition coefficient (Wildman–Crippen LogP) is 6.06. The Bertz CT molecular complexity index is 445. The van der Waals surface area contributed by atoms with Crippen LogP contribution < -0.4 is 0 Å². The Morgan fingerprint density at radius 1 is 1.35 bits per heavy atom. The van der Waals surface area contributed by atoms with Crippen LogP contribution in [0.1, 0.15) is 86.5 Å². The number of aliphatic hydroxyl groups is 1. The summed E-state index contributed by atoms with van der Waals surface area (Å²) in [5.74, 6) is 1.97. The van der Waals surface area contributed by atoms with Gasteiger partial charge in [0.25, 0.3) is 0 Å². The van der Waals surface area contributed by atoms with Crippen molar-refractivity contribution < 1.29 is 9.50 Å². The van der Waals surface area contributed by atoms with Crippen LogP contribution in [0.25, 0.3) is 0 Å². The molecule has 2 aliphatic rings. The lowest BCUT2D eigenvalue weighted by molar-refractivity contribution is -0.0758. The molecule has 2 rings (SSSR count). The van der Waals surface area contributed by atoms with E-state index >= 15 is 0 Å². The normalized spacial score (nSPS) is 37.5. The van der Waals surface area contributed by atoms with Gasteiger partial charge in [-0.2, -0.15) is 0 Å². The van der Waals surface area contributed by atoms with Crippen molar-refractivity contribution in [3.8, 4) is 0 Å². The van der Waals surface area contributed by atoms with E-state index in [1.807, 2.05) is 0 Å². The average molecular weight is 325 g/mol. The molecule has 23 heavy (non-hydrogen) atoms. The van der Waals surface area contributed by atoms with E-state index in [-0.39, 0.29) is 0 Å². The number of alkyl halides is 1. The summed E-state index contributed by atoms with van der Waals surface area (Å²) in [5.41, 5.74) is -0.708. The summed E-state index contributed by atoms with van der Waals surface area (Å²) in [6, 6.07) is 0. The Hall–Kier alpha value is -0.370. The van der Waals surface area contributed by atoms with Gasteiger partial charge in [0.05, 0.1) is 5.60 Å². The molecule has 0 radical (unpaired) electrons. The smallest absolute Gasteiger partial charge is 0.136 e. The molecule has 134 valence electrons. The first-order valence-corrected chi connectivity index (χ1v) is 9.59. The predicted molar refractivity (Wildman–Crippen MR) is 96.1 cm³/mol. The molecule has 0 aliphatic heterocycles. The molecule has 0 spiro atoms. The molecule has 0 bridgehead atoms. The molecule has 4 unspecified atom stereocenters. The van der Waals surface area contributed by atoms with Crippen molar-refractivity contribution in [2.24, 2.45) is 23.2 Å². The van der Waals surface area contributed by atoms with Crippen molar-refractivity contribution in [1.29, 1.82) is 0 Å². The second-order valence-corrected chi connectivity index (χ2v) is 9.23. The Labute approximate surface area is 142 Å². The molecule has 0 aromatic rings. The van der Waals surface area contributed by atoms with Crippen LogP contribution in [0.15, 0.2) is 11.6 Å². The molecule has 0 amide bonds. The number of hydrogen-bond donors (Lipinski definition) is 1. The van der Waals surface area contributed by atoms with Gasteiger partial charge in [0.2, 0.25) is 0 Å². The highest BCUT2D eigenvalue weighted by Gasteiger charge is 2.51. The van der Waals surface area contributed by atoms with Gasteiger partial charge in [-0.15, -0.1) is 0 Å². The standard InChI is InChI=1S/C21H37FO/c1-7-16-9-8-13-20(5)17(10-11-18(16)20)15(2)12-14-21(6,22)19(3,4)23/h7,15,17-18,23H,8-14H2,1-6H3/b16-7+/t15?,17?,18-,20?,21?/m0/s1. The van der Waals surface area contributed by atoms with E-state index in [0.717, 1.165) is 12.3 Å². The first kappa shape index (κ1) is 19.0. The Morgan fingerprint density at radius 2 is 2.00 bits per heavy atom. The Kier molecular flexibility index (Phi) is 5.36. The summed E-state index contributed by atoms with van der Waals surface area (Å²) in [6.45, 7) is 11.7. The fourth-order valence-electron chi connectivity index (χ4n) is 5.37. The fourth-order valence-corrected chi connectivity index (χ4v) is 5.37. The average Bonchev–Trinajstić information content (AvgIpc) is 2.80. The molecular formula is C21H37FO. The zero-order valence-electron chi connectivity index (χ0n) is 16.1. The minimum absolute atomic E-state index is 0.404. The largest absolute Gasteiger partial charge is 0.387 e. The van der Waals surface area contributed by atoms with Crippen molar-refractivity contribution >= 4 is 0 Å². The summed E-state index contributed by atoms with van der Waals surface area (Å²) in [6.07, 6.45) is 10.2. The van der Waals surface area contributed by atoms with E-state index in [0.29, 0.717) is 23.7 Å². The Balaban J connectivity index is 2.05. The molecule has 0 saturated heterocycles. The monoisotopic (exact) mass is 324 g/mol. The van der Waals surface area contributed by atoms with Gasteiger partial charge in [-0.3, -0.25) is 0 Å². The van der Waals surface area contributed by atoms with Crippen LogP contribution in [0.2, 0.25) is 0 Å². The number of allylic oxidation sites excluding steroid dienone is 2. The van der Waals surface area contributed by atoms with E-state index in [1.54, 1.807) is 26.3 Å². The third-order valence-corrected chi connectivity index (χ3v) is 7.44. The van der Waals surface area contributed by atoms with Gasteiger partial charge in [0.1, 0.15) is 5.67 Å². The third kappa shape index (κ3) is 3.52. The number of fused-ring (bicyclic) bond motifs is 1. The van der Waals surface area contributed by atoms with E-state index < -0.39 is 11.3 Å². The topological polar surface area (TPSA) is 20.2 Å². The maximum atomic E-state index is 14.7. The highest BCUT2D eigenvalue weighted by Crippen LogP contribution is 2.60. The van der Waals surface area contributed by atoms with Gasteiger partial charge in [-0.25, -0.2) is 4.39 Å². The molecule has 2 aliphatic carbocycles. The molecular weight excluding hydrogens is 287 g/mol. The zero-order valence-corrected chi connectivity index (χ0v) is 16.1. The van der Waals surface area contributed by atoms with E-state index in [9.17, 15) is 9.50 Å². The number of halogens is 1. The molecule has 5 atom stereocenters. The first-order valence-electron chi connectivity index (χ1n) is 9.59. The van der Waals surface area contributed by atoms with Crippen LogP contribution in [-0.2, 0) is 0 Å². The molecule has 1 N–H and O–H groups in total. The maximum absolute atomic E-state index is 14.7. The summed E-state index contributed by atoms with van der Waals surface area (Å²) >= 11 is 0. The van der Waals surface area contributed by atoms with Crippen molar-refractivity contribution in [2.75, 3.05) is 0 Å². The molecule has 0 aromatic carbocycles. The lowest BCUT2D eigenvalue weighted by Gasteiger charge is -2.45. The van der Waals surface area contributed by atoms with Crippen molar-refractivity contribution in [3.63, 3.8) is 0 Å². The summed E-state index contributed by atoms with van der Waals surface area (Å²) in [4.78, 5) is 0. The number of rotatable bonds is 5. The first-order chi connectivity index (χ1) is 10.5. The summed E-state index contributed by atoms with van der Waals surface area (Å²) < 4.78 is 14.7. The minimum atomic E-state index is -1.51. The van der Waals surface area contributed by atoms with Gasteiger partial charge in [0.15, 0.2) is 0 Å². The quantitative estimate of drug-likeness (QED) is 0.609. The van der Waals surface area contributed by atoms with Gasteiger partial charge in [0, 0.05) is 0 Å². The van der Waals surface area contributed by atoms with E-state index in [1.165, 1.54) is 32.1 Å². The van der Waals surface area contributed by atoms with Gasteiger partial charge in [-0.1, -0.05) is 25.5 Å². The third-order valence-electron chi connectivity index (χ3n) is 7.44. The lowest BCUT2D eigenvalue weighted by Crippen LogP contribution is -2.44. The maximum Gasteiger partial charge on any atom is 0.136 e. The van der Waals surface area contributed by atoms with Crippen LogP contribution in [-0.4, -0.2) is 16.4 Å². The van der Waals surface area contributed by atoms with Gasteiger partial charge >= 0.3 is 0 Å². The van der Waals surface area contributed by atoms with Crippen LogP contribution in [0.5, 0.6) is 0 Å². The van der Waals surface area contributed by atoms with Crippen LogP contribution in [0.3, 0.4) is 0 Å². The highest BCUT2D eigenvalue weighted by molar-refractivity contribution is 5.18. The second kappa shape index (κ2) is 6.50. The summed E-state index contributed by atoms with van der Waals surface area (Å²) in [7, 11) is 0. The number of hydrogen-bond acceptors (Lipinski definition) is 1. The van der Waals surface area contributed by atoms with Crippen molar-refractivity contribution in [2.45, 2.75) is 97.8 Å². The second-order valence-electron chi connectivity index (χ2n) is 9.23. The van der Waals surface area contributed by atoms with Crippen molar-refractivity contribution in [3.05, 3.63) is 11.6 Å². The summed E-state index contributed by atoms with van der Waals surface area (Å²) in [5, 5.41) is 10.0. The highest BCUT2D eigenvalue weighted by atomic mass is 19.1. The lowest BCUT2D eigenvalue weighted by atomic mass is 9.60. The van der Waals surface area contributed by atoms with Gasteiger partial charge < -0.3 is 5.11 Å². The van der Waals surface area contributed by atoms with E-state index in [4.69, 9.17) is 0 Å². The molecule has 0 aromatic heterocycles. The Morgan fingerprint density at radius 3 is 2.57 bits per heavy atom.